The number of Topliss-reactive ketones (excluding diaryl/α,β-unsaturated/α-hetero) is 1. The Balaban J connectivity index is 0.000000941. The average molecular weight is 396 g/mol. The summed E-state index contributed by atoms with van der Waals surface area (Å²) in [6.07, 6.45) is 1.06. The fourth-order valence-electron chi connectivity index (χ4n) is 2.78. The maximum Gasteiger partial charge on any atom is 0.373 e. The Bertz CT molecular complexity index is 1160. The summed E-state index contributed by atoms with van der Waals surface area (Å²) in [4.78, 5) is 55.9. The Labute approximate surface area is 163 Å². The number of carbonyl (C=O) groups is 2. The number of aryl methyl sites for hydroxylation is 1. The largest absolute Gasteiger partial charge is 0.506 e. The van der Waals surface area contributed by atoms with Crippen LogP contribution in [0.15, 0.2) is 47.4 Å². The van der Waals surface area contributed by atoms with E-state index in [-0.39, 0.29) is 23.6 Å². The molecule has 0 bridgehead atoms. The molecule has 2 aromatic heterocycles. The highest BCUT2D eigenvalue weighted by atomic mass is 16.4. The van der Waals surface area contributed by atoms with Crippen LogP contribution in [0.5, 0.6) is 5.75 Å². The molecule has 9 nitrogen and oxygen atoms in total. The molecule has 0 aliphatic carbocycles. The van der Waals surface area contributed by atoms with Gasteiger partial charge in [-0.1, -0.05) is 30.3 Å². The normalized spacial score (nSPS) is 9.97. The molecule has 0 saturated carbocycles. The van der Waals surface area contributed by atoms with Crippen LogP contribution in [0.2, 0.25) is 0 Å². The number of carbonyl (C=O) groups excluding carboxylic acids is 3. The maximum absolute atomic E-state index is 12.4. The number of fused-ring (bicyclic) bond motifs is 1. The number of aromatic hydroxyl groups is 1. The molecule has 148 valence electrons. The number of aromatic nitrogens is 2. The predicted octanol–water partition coefficient (Wildman–Crippen LogP) is 1.77. The number of hydrogen-bond acceptors (Lipinski definition) is 7. The summed E-state index contributed by atoms with van der Waals surface area (Å²) in [5.41, 5.74) is 0.713. The first-order valence-corrected chi connectivity index (χ1v) is 8.33. The maximum atomic E-state index is 12.4. The van der Waals surface area contributed by atoms with Gasteiger partial charge in [-0.15, -0.1) is 0 Å². The number of hydrogen-bond donors (Lipinski definition) is 2. The summed E-state index contributed by atoms with van der Waals surface area (Å²) >= 11 is 0. The molecule has 3 rings (SSSR count). The highest BCUT2D eigenvalue weighted by Crippen LogP contribution is 2.29. The number of pyridine rings is 2. The van der Waals surface area contributed by atoms with Crippen molar-refractivity contribution in [1.82, 2.24) is 9.55 Å². The molecule has 3 aromatic rings. The van der Waals surface area contributed by atoms with Crippen LogP contribution in [0.25, 0.3) is 22.2 Å². The lowest BCUT2D eigenvalue weighted by Crippen LogP contribution is -2.25. The molecule has 29 heavy (non-hydrogen) atoms. The van der Waals surface area contributed by atoms with Crippen molar-refractivity contribution in [1.29, 1.82) is 0 Å². The van der Waals surface area contributed by atoms with Gasteiger partial charge in [0.2, 0.25) is 0 Å². The van der Waals surface area contributed by atoms with E-state index in [1.807, 2.05) is 30.3 Å². The lowest BCUT2D eigenvalue weighted by Gasteiger charge is -2.11. The quantitative estimate of drug-likeness (QED) is 0.621. The van der Waals surface area contributed by atoms with E-state index in [1.165, 1.54) is 11.6 Å². The fraction of sp³-hybridized carbons (Fsp3) is 0.150. The zero-order valence-corrected chi connectivity index (χ0v) is 15.3. The van der Waals surface area contributed by atoms with Crippen molar-refractivity contribution in [3.63, 3.8) is 0 Å². The molecule has 0 aliphatic rings. The van der Waals surface area contributed by atoms with Gasteiger partial charge in [0, 0.05) is 25.2 Å². The second-order valence-electron chi connectivity index (χ2n) is 5.95. The van der Waals surface area contributed by atoms with E-state index < -0.39 is 35.0 Å². The van der Waals surface area contributed by atoms with Crippen molar-refractivity contribution in [3.05, 3.63) is 58.5 Å². The highest BCUT2D eigenvalue weighted by Gasteiger charge is 2.22. The first-order chi connectivity index (χ1) is 13.8. The third-order valence-corrected chi connectivity index (χ3v) is 4.15. The number of carboxylic acid groups (broad SMARTS) is 1. The van der Waals surface area contributed by atoms with Crippen molar-refractivity contribution < 1.29 is 29.4 Å². The summed E-state index contributed by atoms with van der Waals surface area (Å²) in [7, 11) is 1.45. The summed E-state index contributed by atoms with van der Waals surface area (Å²) < 4.78 is 1.18. The first-order valence-electron chi connectivity index (χ1n) is 8.33. The van der Waals surface area contributed by atoms with E-state index in [2.05, 4.69) is 4.98 Å². The Morgan fingerprint density at radius 2 is 1.72 bits per heavy atom. The van der Waals surface area contributed by atoms with Crippen LogP contribution in [-0.4, -0.2) is 37.7 Å². The molecule has 0 aliphatic heterocycles. The number of nitrogens with zero attached hydrogens (tertiary/aromatic N) is 2. The number of carboxylic acids is 1. The molecule has 0 atom stereocenters. The van der Waals surface area contributed by atoms with Crippen molar-refractivity contribution in [2.45, 2.75) is 12.8 Å². The van der Waals surface area contributed by atoms with Gasteiger partial charge in [0.05, 0.1) is 11.8 Å². The SMILES string of the molecule is Cn1c(=O)c(C(=O)CCC(=O)O)c(O)c2cc(-c3ccccc3)cnc21.O=C=O. The minimum atomic E-state index is -1.15. The lowest BCUT2D eigenvalue weighted by atomic mass is 10.0. The van der Waals surface area contributed by atoms with Crippen LogP contribution < -0.4 is 5.56 Å². The van der Waals surface area contributed by atoms with Crippen molar-refractivity contribution >= 4 is 28.9 Å². The van der Waals surface area contributed by atoms with Gasteiger partial charge in [0.1, 0.15) is 17.0 Å². The average Bonchev–Trinajstić information content (AvgIpc) is 2.71. The van der Waals surface area contributed by atoms with Crippen LogP contribution in [-0.2, 0) is 21.4 Å². The van der Waals surface area contributed by atoms with Crippen LogP contribution in [0.4, 0.5) is 0 Å². The minimum Gasteiger partial charge on any atom is -0.506 e. The monoisotopic (exact) mass is 396 g/mol. The van der Waals surface area contributed by atoms with Gasteiger partial charge in [0.25, 0.3) is 5.56 Å². The van der Waals surface area contributed by atoms with E-state index in [1.54, 1.807) is 12.3 Å². The van der Waals surface area contributed by atoms with Crippen LogP contribution in [0.1, 0.15) is 23.2 Å². The second-order valence-corrected chi connectivity index (χ2v) is 5.95. The van der Waals surface area contributed by atoms with E-state index in [4.69, 9.17) is 14.7 Å². The molecule has 2 heterocycles. The third-order valence-electron chi connectivity index (χ3n) is 4.15. The Morgan fingerprint density at radius 1 is 1.10 bits per heavy atom. The second kappa shape index (κ2) is 9.20. The van der Waals surface area contributed by atoms with E-state index >= 15 is 0 Å². The first kappa shape index (κ1) is 21.2. The highest BCUT2D eigenvalue weighted by molar-refractivity contribution is 6.04. The number of aliphatic carboxylic acids is 1. The lowest BCUT2D eigenvalue weighted by molar-refractivity contribution is -0.191. The van der Waals surface area contributed by atoms with Gasteiger partial charge in [-0.2, -0.15) is 9.59 Å². The van der Waals surface area contributed by atoms with Gasteiger partial charge < -0.3 is 10.2 Å². The van der Waals surface area contributed by atoms with Gasteiger partial charge in [-0.25, -0.2) is 4.98 Å². The molecule has 0 radical (unpaired) electrons. The van der Waals surface area contributed by atoms with Gasteiger partial charge in [0.15, 0.2) is 5.78 Å². The molecule has 1 aromatic carbocycles. The van der Waals surface area contributed by atoms with Crippen molar-refractivity contribution in [3.8, 4) is 16.9 Å². The van der Waals surface area contributed by atoms with Gasteiger partial charge in [-0.3, -0.25) is 19.0 Å². The molecular weight excluding hydrogens is 380 g/mol. The topological polar surface area (TPSA) is 144 Å². The number of ketones is 1. The van der Waals surface area contributed by atoms with Crippen LogP contribution >= 0.6 is 0 Å². The predicted molar refractivity (Wildman–Crippen MR) is 100 cm³/mol. The molecular formula is C20H16N2O7. The molecule has 2 N–H and O–H groups in total. The van der Waals surface area contributed by atoms with Gasteiger partial charge in [-0.05, 0) is 11.6 Å². The smallest absolute Gasteiger partial charge is 0.373 e. The van der Waals surface area contributed by atoms with Crippen molar-refractivity contribution in [2.24, 2.45) is 7.05 Å². The zero-order chi connectivity index (χ0) is 21.6. The summed E-state index contributed by atoms with van der Waals surface area (Å²) in [6.45, 7) is 0. The van der Waals surface area contributed by atoms with E-state index in [0.717, 1.165) is 11.1 Å². The number of benzene rings is 1. The van der Waals surface area contributed by atoms with Crippen LogP contribution in [0, 0.1) is 0 Å². The fourth-order valence-corrected chi connectivity index (χ4v) is 2.78. The van der Waals surface area contributed by atoms with E-state index in [9.17, 15) is 19.5 Å². The Morgan fingerprint density at radius 3 is 2.31 bits per heavy atom. The molecule has 0 amide bonds. The van der Waals surface area contributed by atoms with Crippen molar-refractivity contribution in [2.75, 3.05) is 0 Å². The summed E-state index contributed by atoms with van der Waals surface area (Å²) in [6, 6.07) is 11.0. The van der Waals surface area contributed by atoms with Gasteiger partial charge >= 0.3 is 12.1 Å². The summed E-state index contributed by atoms with van der Waals surface area (Å²) in [5.74, 6) is -2.33. The zero-order valence-electron chi connectivity index (χ0n) is 15.3. The molecule has 9 heteroatoms. The molecule has 0 unspecified atom stereocenters. The molecule has 0 fully saturated rings. The standard InChI is InChI=1S/C19H16N2O5.CO2/c1-21-18-13(9-12(10-20-18)11-5-3-2-4-6-11)17(25)16(19(21)26)14(22)7-8-15(23)24;2-1-3/h2-6,9-10,25H,7-8H2,1H3,(H,23,24);. The van der Waals surface area contributed by atoms with Crippen LogP contribution in [0.3, 0.4) is 0 Å². The van der Waals surface area contributed by atoms with E-state index in [0.29, 0.717) is 0 Å². The number of rotatable bonds is 5. The minimum absolute atomic E-state index is 0.238. The third kappa shape index (κ3) is 4.60. The Hall–Kier alpha value is -4.10. The summed E-state index contributed by atoms with van der Waals surface area (Å²) in [5, 5.41) is 19.5. The Kier molecular flexibility index (Phi) is 6.73. The molecule has 0 saturated heterocycles. The molecule has 0 spiro atoms.